The normalized spacial score (nSPS) is 11.0. The van der Waals surface area contributed by atoms with Crippen molar-refractivity contribution in [3.05, 3.63) is 89.5 Å². The lowest BCUT2D eigenvalue weighted by Gasteiger charge is -2.24. The largest absolute Gasteiger partial charge is 0.493 e. The summed E-state index contributed by atoms with van der Waals surface area (Å²) in [6.07, 6.45) is -4.50. The van der Waals surface area contributed by atoms with Gasteiger partial charge in [-0.25, -0.2) is 4.79 Å². The molecule has 3 aromatic rings. The number of amides is 2. The molecule has 0 heterocycles. The van der Waals surface area contributed by atoms with E-state index in [2.05, 4.69) is 5.32 Å². The second kappa shape index (κ2) is 10.1. The van der Waals surface area contributed by atoms with E-state index in [1.54, 1.807) is 18.2 Å². The van der Waals surface area contributed by atoms with Gasteiger partial charge in [0.1, 0.15) is 0 Å². The van der Waals surface area contributed by atoms with Crippen molar-refractivity contribution in [2.24, 2.45) is 0 Å². The highest BCUT2D eigenvalue weighted by molar-refractivity contribution is 5.89. The first-order valence-corrected chi connectivity index (χ1v) is 9.78. The molecule has 0 saturated heterocycles. The van der Waals surface area contributed by atoms with Gasteiger partial charge in [-0.3, -0.25) is 0 Å². The van der Waals surface area contributed by atoms with Crippen LogP contribution < -0.4 is 14.8 Å². The standard InChI is InChI=1S/C24H23F3N2O3/c1-31-21-12-11-18(13-22(21)32-2)16-29(15-17-7-4-3-5-8-17)23(30)28-20-10-6-9-19(14-20)24(25,26)27/h3-14H,15-16H2,1-2H3,(H,28,30). The SMILES string of the molecule is COc1ccc(CN(Cc2ccccc2)C(=O)Nc2cccc(C(F)(F)F)c2)cc1OC. The Morgan fingerprint density at radius 1 is 0.844 bits per heavy atom. The van der Waals surface area contributed by atoms with Crippen molar-refractivity contribution in [2.45, 2.75) is 19.3 Å². The van der Waals surface area contributed by atoms with Crippen LogP contribution in [0.25, 0.3) is 0 Å². The van der Waals surface area contributed by atoms with Crippen LogP contribution in [0.1, 0.15) is 16.7 Å². The molecule has 1 N–H and O–H groups in total. The number of rotatable bonds is 7. The Kier molecular flexibility index (Phi) is 7.25. The lowest BCUT2D eigenvalue weighted by molar-refractivity contribution is -0.137. The fourth-order valence-electron chi connectivity index (χ4n) is 3.18. The molecule has 0 saturated carbocycles. The van der Waals surface area contributed by atoms with Crippen molar-refractivity contribution < 1.29 is 27.4 Å². The van der Waals surface area contributed by atoms with Gasteiger partial charge in [-0.2, -0.15) is 13.2 Å². The molecule has 0 radical (unpaired) electrons. The molecule has 0 aromatic heterocycles. The lowest BCUT2D eigenvalue weighted by atomic mass is 10.1. The Bertz CT molecular complexity index is 1060. The van der Waals surface area contributed by atoms with Gasteiger partial charge in [0.2, 0.25) is 0 Å². The number of methoxy groups -OCH3 is 2. The van der Waals surface area contributed by atoms with E-state index in [0.717, 1.165) is 23.3 Å². The molecule has 0 aliphatic heterocycles. The van der Waals surface area contributed by atoms with E-state index < -0.39 is 17.8 Å². The van der Waals surface area contributed by atoms with E-state index in [4.69, 9.17) is 9.47 Å². The fraction of sp³-hybridized carbons (Fsp3) is 0.208. The topological polar surface area (TPSA) is 50.8 Å². The molecule has 3 aromatic carbocycles. The van der Waals surface area contributed by atoms with Gasteiger partial charge in [0.05, 0.1) is 19.8 Å². The minimum Gasteiger partial charge on any atom is -0.493 e. The molecule has 0 fully saturated rings. The number of halogens is 3. The number of hydrogen-bond acceptors (Lipinski definition) is 3. The Hall–Kier alpha value is -3.68. The third kappa shape index (κ3) is 5.94. The van der Waals surface area contributed by atoms with Crippen LogP contribution in [0.3, 0.4) is 0 Å². The van der Waals surface area contributed by atoms with Gasteiger partial charge < -0.3 is 19.7 Å². The quantitative estimate of drug-likeness (QED) is 0.489. The Labute approximate surface area is 184 Å². The van der Waals surface area contributed by atoms with Gasteiger partial charge in [0.25, 0.3) is 0 Å². The molecular formula is C24H23F3N2O3. The number of ether oxygens (including phenoxy) is 2. The van der Waals surface area contributed by atoms with Gasteiger partial charge in [-0.15, -0.1) is 0 Å². The van der Waals surface area contributed by atoms with Crippen molar-refractivity contribution in [1.82, 2.24) is 4.90 Å². The number of carbonyl (C=O) groups is 1. The Morgan fingerprint density at radius 2 is 1.53 bits per heavy atom. The molecule has 5 nitrogen and oxygen atoms in total. The highest BCUT2D eigenvalue weighted by atomic mass is 19.4. The molecule has 8 heteroatoms. The molecule has 0 aliphatic rings. The van der Waals surface area contributed by atoms with Crippen molar-refractivity contribution in [3.8, 4) is 11.5 Å². The van der Waals surface area contributed by atoms with Crippen LogP contribution in [-0.2, 0) is 19.3 Å². The second-order valence-electron chi connectivity index (χ2n) is 7.04. The van der Waals surface area contributed by atoms with E-state index >= 15 is 0 Å². The predicted octanol–water partition coefficient (Wildman–Crippen LogP) is 5.96. The molecule has 0 bridgehead atoms. The first kappa shape index (κ1) is 23.0. The third-order valence-electron chi connectivity index (χ3n) is 4.77. The lowest BCUT2D eigenvalue weighted by Crippen LogP contribution is -2.34. The van der Waals surface area contributed by atoms with Crippen LogP contribution in [0.15, 0.2) is 72.8 Å². The number of nitrogens with zero attached hydrogens (tertiary/aromatic N) is 1. The van der Waals surface area contributed by atoms with Crippen LogP contribution in [0.2, 0.25) is 0 Å². The molecule has 3 rings (SSSR count). The van der Waals surface area contributed by atoms with E-state index in [0.29, 0.717) is 11.5 Å². The number of urea groups is 1. The predicted molar refractivity (Wildman–Crippen MR) is 116 cm³/mol. The first-order chi connectivity index (χ1) is 15.3. The van der Waals surface area contributed by atoms with Crippen LogP contribution in [0.5, 0.6) is 11.5 Å². The first-order valence-electron chi connectivity index (χ1n) is 9.78. The minimum atomic E-state index is -4.50. The molecule has 32 heavy (non-hydrogen) atoms. The fourth-order valence-corrected chi connectivity index (χ4v) is 3.18. The maximum atomic E-state index is 13.0. The van der Waals surface area contributed by atoms with Crippen molar-refractivity contribution in [2.75, 3.05) is 19.5 Å². The van der Waals surface area contributed by atoms with Gasteiger partial charge in [-0.05, 0) is 41.5 Å². The monoisotopic (exact) mass is 444 g/mol. The third-order valence-corrected chi connectivity index (χ3v) is 4.77. The van der Waals surface area contributed by atoms with Gasteiger partial charge in [0, 0.05) is 18.8 Å². The van der Waals surface area contributed by atoms with Crippen LogP contribution in [0.4, 0.5) is 23.7 Å². The summed E-state index contributed by atoms with van der Waals surface area (Å²) in [5.41, 5.74) is 0.893. The van der Waals surface area contributed by atoms with Crippen LogP contribution >= 0.6 is 0 Å². The number of nitrogens with one attached hydrogen (secondary N) is 1. The number of carbonyl (C=O) groups excluding carboxylic acids is 1. The summed E-state index contributed by atoms with van der Waals surface area (Å²) in [4.78, 5) is 14.5. The zero-order valence-corrected chi connectivity index (χ0v) is 17.6. The summed E-state index contributed by atoms with van der Waals surface area (Å²) < 4.78 is 49.7. The number of alkyl halides is 3. The van der Waals surface area contributed by atoms with Crippen molar-refractivity contribution in [3.63, 3.8) is 0 Å². The molecule has 168 valence electrons. The van der Waals surface area contributed by atoms with E-state index in [1.165, 1.54) is 31.3 Å². The minimum absolute atomic E-state index is 0.0650. The molecule has 0 aliphatic carbocycles. The zero-order valence-electron chi connectivity index (χ0n) is 17.6. The smallest absolute Gasteiger partial charge is 0.416 e. The van der Waals surface area contributed by atoms with Gasteiger partial charge in [0.15, 0.2) is 11.5 Å². The van der Waals surface area contributed by atoms with E-state index in [1.807, 2.05) is 30.3 Å². The summed E-state index contributed by atoms with van der Waals surface area (Å²) >= 11 is 0. The average molecular weight is 444 g/mol. The van der Waals surface area contributed by atoms with Crippen molar-refractivity contribution in [1.29, 1.82) is 0 Å². The highest BCUT2D eigenvalue weighted by Gasteiger charge is 2.30. The summed E-state index contributed by atoms with van der Waals surface area (Å²) in [6, 6.07) is 18.6. The van der Waals surface area contributed by atoms with E-state index in [9.17, 15) is 18.0 Å². The number of hydrogen-bond donors (Lipinski definition) is 1. The van der Waals surface area contributed by atoms with Gasteiger partial charge >= 0.3 is 12.2 Å². The molecular weight excluding hydrogens is 421 g/mol. The van der Waals surface area contributed by atoms with E-state index in [-0.39, 0.29) is 18.8 Å². The Morgan fingerprint density at radius 3 is 2.19 bits per heavy atom. The second-order valence-corrected chi connectivity index (χ2v) is 7.04. The zero-order chi connectivity index (χ0) is 23.1. The Balaban J connectivity index is 1.85. The molecule has 0 atom stereocenters. The highest BCUT2D eigenvalue weighted by Crippen LogP contribution is 2.31. The molecule has 0 spiro atoms. The molecule has 2 amide bonds. The number of anilines is 1. The summed E-state index contributed by atoms with van der Waals surface area (Å²) in [5, 5.41) is 2.58. The average Bonchev–Trinajstić information content (AvgIpc) is 2.78. The van der Waals surface area contributed by atoms with Gasteiger partial charge in [-0.1, -0.05) is 42.5 Å². The summed E-state index contributed by atoms with van der Waals surface area (Å²) in [5.74, 6) is 1.07. The maximum absolute atomic E-state index is 13.0. The summed E-state index contributed by atoms with van der Waals surface area (Å²) in [6.45, 7) is 0.472. The number of benzene rings is 3. The molecule has 0 unspecified atom stereocenters. The van der Waals surface area contributed by atoms with Crippen molar-refractivity contribution >= 4 is 11.7 Å². The van der Waals surface area contributed by atoms with Crippen LogP contribution in [0, 0.1) is 0 Å². The van der Waals surface area contributed by atoms with Crippen LogP contribution in [-0.4, -0.2) is 25.2 Å². The maximum Gasteiger partial charge on any atom is 0.416 e. The summed E-state index contributed by atoms with van der Waals surface area (Å²) in [7, 11) is 3.05.